The van der Waals surface area contributed by atoms with E-state index in [1.807, 2.05) is 10.6 Å². The van der Waals surface area contributed by atoms with E-state index in [0.29, 0.717) is 35.0 Å². The van der Waals surface area contributed by atoms with Crippen molar-refractivity contribution >= 4 is 27.8 Å². The van der Waals surface area contributed by atoms with Gasteiger partial charge in [-0.3, -0.25) is 5.10 Å². The Hall–Kier alpha value is -3.30. The van der Waals surface area contributed by atoms with Crippen molar-refractivity contribution in [2.24, 2.45) is 0 Å². The first-order valence-corrected chi connectivity index (χ1v) is 11.8. The first-order chi connectivity index (χ1) is 16.9. The van der Waals surface area contributed by atoms with E-state index in [9.17, 15) is 14.3 Å². The summed E-state index contributed by atoms with van der Waals surface area (Å²) >= 11 is 0. The van der Waals surface area contributed by atoms with Crippen molar-refractivity contribution in [2.75, 3.05) is 20.3 Å². The fourth-order valence-electron chi connectivity index (χ4n) is 5.87. The Morgan fingerprint density at radius 1 is 1.20 bits per heavy atom. The van der Waals surface area contributed by atoms with Crippen LogP contribution in [0.1, 0.15) is 48.8 Å². The van der Waals surface area contributed by atoms with Crippen LogP contribution in [0.15, 0.2) is 36.5 Å². The molecule has 1 saturated carbocycles. The number of nitrogens with one attached hydrogen (secondary N) is 1. The molecule has 0 atom stereocenters. The number of aromatic amines is 1. The predicted molar refractivity (Wildman–Crippen MR) is 125 cm³/mol. The highest BCUT2D eigenvalue weighted by Crippen LogP contribution is 2.53. The van der Waals surface area contributed by atoms with Crippen LogP contribution < -0.4 is 0 Å². The standard InChI is InChI=1S/C26H25F2N3O4/c1-34-26(25(32)33)11-16(12-26)20-21-19(10-15-13-29-30-23(15)22(21)28)31(18-4-2-17(27)3-5-18)24(20)14-6-8-35-9-7-14/h2-5,10,13-14,16H,6-9,11-12H2,1H3,(H,29,30)(H,32,33)/t16-,26+. The summed E-state index contributed by atoms with van der Waals surface area (Å²) in [7, 11) is 1.40. The molecule has 4 aromatic rings. The quantitative estimate of drug-likeness (QED) is 0.418. The van der Waals surface area contributed by atoms with Gasteiger partial charge in [0.25, 0.3) is 0 Å². The number of H-pyrrole nitrogens is 1. The molecule has 1 saturated heterocycles. The fourth-order valence-corrected chi connectivity index (χ4v) is 5.87. The number of carbonyl (C=O) groups is 1. The normalized spacial score (nSPS) is 23.1. The second-order valence-corrected chi connectivity index (χ2v) is 9.53. The van der Waals surface area contributed by atoms with Gasteiger partial charge >= 0.3 is 5.97 Å². The predicted octanol–water partition coefficient (Wildman–Crippen LogP) is 5.03. The Morgan fingerprint density at radius 3 is 2.57 bits per heavy atom. The Morgan fingerprint density at radius 2 is 1.91 bits per heavy atom. The van der Waals surface area contributed by atoms with Crippen molar-refractivity contribution in [1.82, 2.24) is 14.8 Å². The molecule has 2 aromatic heterocycles. The summed E-state index contributed by atoms with van der Waals surface area (Å²) in [5, 5.41) is 17.7. The number of carboxylic acid groups (broad SMARTS) is 1. The molecule has 1 aliphatic heterocycles. The molecule has 1 aliphatic carbocycles. The van der Waals surface area contributed by atoms with Crippen molar-refractivity contribution in [2.45, 2.75) is 43.1 Å². The lowest BCUT2D eigenvalue weighted by molar-refractivity contribution is -0.175. The summed E-state index contributed by atoms with van der Waals surface area (Å²) in [5.41, 5.74) is 2.15. The van der Waals surface area contributed by atoms with Crippen LogP contribution in [0.4, 0.5) is 8.78 Å². The highest BCUT2D eigenvalue weighted by atomic mass is 19.1. The lowest BCUT2D eigenvalue weighted by Gasteiger charge is -2.44. The van der Waals surface area contributed by atoms with E-state index in [4.69, 9.17) is 9.47 Å². The first-order valence-electron chi connectivity index (χ1n) is 11.8. The molecule has 0 spiro atoms. The van der Waals surface area contributed by atoms with Gasteiger partial charge in [0, 0.05) is 48.4 Å². The number of aromatic nitrogens is 3. The molecule has 9 heteroatoms. The minimum Gasteiger partial charge on any atom is -0.479 e. The average Bonchev–Trinajstić information content (AvgIpc) is 3.43. The van der Waals surface area contributed by atoms with Gasteiger partial charge in [-0.15, -0.1) is 0 Å². The lowest BCUT2D eigenvalue weighted by atomic mass is 9.66. The van der Waals surface area contributed by atoms with E-state index in [1.54, 1.807) is 18.3 Å². The summed E-state index contributed by atoms with van der Waals surface area (Å²) < 4.78 is 43.0. The first kappa shape index (κ1) is 22.2. The number of rotatable bonds is 5. The molecule has 182 valence electrons. The van der Waals surface area contributed by atoms with E-state index in [-0.39, 0.29) is 30.5 Å². The number of hydrogen-bond donors (Lipinski definition) is 2. The third-order valence-corrected chi connectivity index (χ3v) is 7.72. The monoisotopic (exact) mass is 481 g/mol. The van der Waals surface area contributed by atoms with E-state index >= 15 is 4.39 Å². The van der Waals surface area contributed by atoms with Gasteiger partial charge < -0.3 is 19.1 Å². The summed E-state index contributed by atoms with van der Waals surface area (Å²) in [6.45, 7) is 1.17. The number of ether oxygens (including phenoxy) is 2. The van der Waals surface area contributed by atoms with Crippen LogP contribution >= 0.6 is 0 Å². The van der Waals surface area contributed by atoms with Gasteiger partial charge in [0.05, 0.1) is 11.7 Å². The van der Waals surface area contributed by atoms with Crippen molar-refractivity contribution in [1.29, 1.82) is 0 Å². The van der Waals surface area contributed by atoms with Gasteiger partial charge in [0.2, 0.25) is 0 Å². The van der Waals surface area contributed by atoms with Crippen molar-refractivity contribution in [3.63, 3.8) is 0 Å². The summed E-state index contributed by atoms with van der Waals surface area (Å²) in [4.78, 5) is 12.0. The number of fused-ring (bicyclic) bond motifs is 2. The smallest absolute Gasteiger partial charge is 0.335 e. The van der Waals surface area contributed by atoms with Crippen LogP contribution in [0, 0.1) is 11.6 Å². The SMILES string of the molecule is CO[C@]1(C(=O)O)C[C@H](c2c(C3CCOCC3)n(-c3ccc(F)cc3)c3cc4cn[nH]c4c(F)c32)C1. The molecule has 0 amide bonds. The van der Waals surface area contributed by atoms with E-state index in [0.717, 1.165) is 29.8 Å². The zero-order valence-corrected chi connectivity index (χ0v) is 19.2. The zero-order chi connectivity index (χ0) is 24.3. The van der Waals surface area contributed by atoms with Crippen LogP contribution in [-0.2, 0) is 14.3 Å². The molecular formula is C26H25F2N3O4. The maximum Gasteiger partial charge on any atom is 0.335 e. The molecule has 0 radical (unpaired) electrons. The summed E-state index contributed by atoms with van der Waals surface area (Å²) in [5.74, 6) is -1.91. The second-order valence-electron chi connectivity index (χ2n) is 9.53. The van der Waals surface area contributed by atoms with Crippen molar-refractivity contribution in [3.05, 3.63) is 59.4 Å². The summed E-state index contributed by atoms with van der Waals surface area (Å²) in [6.07, 6.45) is 3.59. The van der Waals surface area contributed by atoms with Gasteiger partial charge in [-0.25, -0.2) is 13.6 Å². The second kappa shape index (κ2) is 8.13. The minimum absolute atomic E-state index is 0.0782. The number of carboxylic acids is 1. The largest absolute Gasteiger partial charge is 0.479 e. The van der Waals surface area contributed by atoms with Crippen molar-refractivity contribution in [3.8, 4) is 5.69 Å². The molecule has 2 aliphatic rings. The fraction of sp³-hybridized carbons (Fsp3) is 0.385. The number of nitrogens with zero attached hydrogens (tertiary/aromatic N) is 2. The Labute approximate surface area is 199 Å². The maximum atomic E-state index is 16.1. The highest BCUT2D eigenvalue weighted by molar-refractivity contribution is 6.00. The Kier molecular flexibility index (Phi) is 5.16. The van der Waals surface area contributed by atoms with E-state index < -0.39 is 17.4 Å². The number of aliphatic carboxylic acids is 1. The van der Waals surface area contributed by atoms with Gasteiger partial charge in [-0.2, -0.15) is 5.10 Å². The molecule has 2 aromatic carbocycles. The Bertz CT molecular complexity index is 1430. The molecule has 6 rings (SSSR count). The van der Waals surface area contributed by atoms with Crippen LogP contribution in [0.25, 0.3) is 27.5 Å². The van der Waals surface area contributed by atoms with E-state index in [2.05, 4.69) is 10.2 Å². The average molecular weight is 481 g/mol. The minimum atomic E-state index is -1.28. The van der Waals surface area contributed by atoms with Crippen LogP contribution in [0.5, 0.6) is 0 Å². The van der Waals surface area contributed by atoms with Gasteiger partial charge in [-0.1, -0.05) is 0 Å². The molecular weight excluding hydrogens is 456 g/mol. The molecule has 3 heterocycles. The van der Waals surface area contributed by atoms with Gasteiger partial charge in [0.15, 0.2) is 11.4 Å². The molecule has 2 fully saturated rings. The summed E-state index contributed by atoms with van der Waals surface area (Å²) in [6, 6.07) is 8.06. The molecule has 0 bridgehead atoms. The molecule has 7 nitrogen and oxygen atoms in total. The zero-order valence-electron chi connectivity index (χ0n) is 19.2. The number of halogens is 2. The van der Waals surface area contributed by atoms with Crippen LogP contribution in [-0.4, -0.2) is 51.8 Å². The highest BCUT2D eigenvalue weighted by Gasteiger charge is 2.53. The van der Waals surface area contributed by atoms with Gasteiger partial charge in [0.1, 0.15) is 11.3 Å². The van der Waals surface area contributed by atoms with Gasteiger partial charge in [-0.05, 0) is 67.5 Å². The maximum absolute atomic E-state index is 16.1. The van der Waals surface area contributed by atoms with Crippen LogP contribution in [0.2, 0.25) is 0 Å². The number of methoxy groups -OCH3 is 1. The number of benzene rings is 2. The van der Waals surface area contributed by atoms with Crippen LogP contribution in [0.3, 0.4) is 0 Å². The molecule has 2 N–H and O–H groups in total. The molecule has 35 heavy (non-hydrogen) atoms. The third-order valence-electron chi connectivity index (χ3n) is 7.72. The third kappa shape index (κ3) is 3.29. The lowest BCUT2D eigenvalue weighted by Crippen LogP contribution is -2.51. The topological polar surface area (TPSA) is 89.4 Å². The number of hydrogen-bond acceptors (Lipinski definition) is 4. The van der Waals surface area contributed by atoms with Crippen molar-refractivity contribution < 1.29 is 28.2 Å². The van der Waals surface area contributed by atoms with E-state index in [1.165, 1.54) is 19.2 Å². The Balaban J connectivity index is 1.66. The molecule has 0 unspecified atom stereocenters.